The molecule has 0 fully saturated rings. The summed E-state index contributed by atoms with van der Waals surface area (Å²) < 4.78 is 52.5. The van der Waals surface area contributed by atoms with Crippen molar-refractivity contribution in [2.24, 2.45) is 10.9 Å². The highest BCUT2D eigenvalue weighted by Crippen LogP contribution is 2.43. The summed E-state index contributed by atoms with van der Waals surface area (Å²) in [6.07, 6.45) is 13.4. The van der Waals surface area contributed by atoms with Gasteiger partial charge in [-0.3, -0.25) is 33.8 Å². The Bertz CT molecular complexity index is 3080. The van der Waals surface area contributed by atoms with Gasteiger partial charge in [0, 0.05) is 55.8 Å². The second kappa shape index (κ2) is 35.1. The number of hydrogen-bond acceptors (Lipinski definition) is 18. The van der Waals surface area contributed by atoms with Gasteiger partial charge in [-0.05, 0) is 80.5 Å². The molecule has 0 saturated heterocycles. The highest BCUT2D eigenvalue weighted by atomic mass is 127. The molecule has 4 aliphatic heterocycles. The molecular weight excluding hydrogens is 1260 g/mol. The van der Waals surface area contributed by atoms with E-state index in [0.29, 0.717) is 115 Å². The number of benzene rings is 3. The molecule has 0 aliphatic carbocycles. The summed E-state index contributed by atoms with van der Waals surface area (Å²) in [5.41, 5.74) is 4.66. The summed E-state index contributed by atoms with van der Waals surface area (Å²) in [6.45, 7) is 12.4. The number of ether oxygens (including phenoxy) is 9. The van der Waals surface area contributed by atoms with Crippen molar-refractivity contribution in [3.05, 3.63) is 113 Å². The molecule has 3 aromatic rings. The Morgan fingerprint density at radius 2 is 1.29 bits per heavy atom. The fourth-order valence-corrected chi connectivity index (χ4v) is 10.3. The zero-order valence-corrected chi connectivity index (χ0v) is 53.7. The van der Waals surface area contributed by atoms with Crippen LogP contribution < -0.4 is 45.1 Å². The number of carbonyl (C=O) groups excluding carboxylic acids is 6. The molecule has 0 bridgehead atoms. The first-order valence-corrected chi connectivity index (χ1v) is 31.3. The largest absolute Gasteiger partial charge is 0.493 e. The lowest BCUT2D eigenvalue weighted by atomic mass is 10.0. The van der Waals surface area contributed by atoms with Crippen molar-refractivity contribution in [2.75, 3.05) is 108 Å². The Labute approximate surface area is 533 Å². The maximum absolute atomic E-state index is 14.4. The highest BCUT2D eigenvalue weighted by Gasteiger charge is 2.43. The van der Waals surface area contributed by atoms with Crippen molar-refractivity contribution in [3.8, 4) is 23.0 Å². The number of carbonyl (C=O) groups is 6. The highest BCUT2D eigenvalue weighted by molar-refractivity contribution is 14.1. The zero-order valence-electron chi connectivity index (χ0n) is 51.6. The molecule has 7 rings (SSSR count). The fraction of sp³-hybridized carbons (Fsp3) is 0.484. The number of aliphatic hydroxyl groups excluding tert-OH is 1. The van der Waals surface area contributed by atoms with E-state index >= 15 is 0 Å². The second-order valence-electron chi connectivity index (χ2n) is 21.5. The predicted octanol–water partition coefficient (Wildman–Crippen LogP) is 6.52. The first-order chi connectivity index (χ1) is 43.1. The van der Waals surface area contributed by atoms with E-state index < -0.39 is 36.2 Å². The summed E-state index contributed by atoms with van der Waals surface area (Å²) in [5, 5.41) is 23.2. The number of hydrogen-bond donors (Lipinski definition) is 5. The van der Waals surface area contributed by atoms with E-state index in [2.05, 4.69) is 26.3 Å². The lowest BCUT2D eigenvalue weighted by Crippen LogP contribution is -2.53. The molecule has 0 aromatic heterocycles. The van der Waals surface area contributed by atoms with Gasteiger partial charge in [0.15, 0.2) is 23.0 Å². The van der Waals surface area contributed by atoms with E-state index in [1.165, 1.54) is 14.2 Å². The van der Waals surface area contributed by atoms with Gasteiger partial charge in [-0.25, -0.2) is 0 Å². The maximum Gasteiger partial charge on any atom is 0.260 e. The van der Waals surface area contributed by atoms with Crippen LogP contribution in [0.1, 0.15) is 86.6 Å². The van der Waals surface area contributed by atoms with Gasteiger partial charge in [-0.2, -0.15) is 0 Å². The Hall–Kier alpha value is -7.40. The number of nitrogens with zero attached hydrogens (tertiary/aromatic N) is 4. The molecule has 6 amide bonds. The molecule has 24 nitrogen and oxygen atoms in total. The van der Waals surface area contributed by atoms with Gasteiger partial charge in [-0.15, -0.1) is 0 Å². The minimum Gasteiger partial charge on any atom is -0.493 e. The number of rotatable bonds is 36. The van der Waals surface area contributed by atoms with Gasteiger partial charge < -0.3 is 83.7 Å². The number of fused-ring (bicyclic) bond motifs is 4. The second-order valence-corrected chi connectivity index (χ2v) is 22.3. The lowest BCUT2D eigenvalue weighted by molar-refractivity contribution is -0.132. The molecule has 5 atom stereocenters. The molecular formula is C64H83IN8O16. The van der Waals surface area contributed by atoms with Crippen LogP contribution in [0.15, 0.2) is 101 Å². The van der Waals surface area contributed by atoms with E-state index in [4.69, 9.17) is 42.6 Å². The van der Waals surface area contributed by atoms with Crippen molar-refractivity contribution >= 4 is 81.3 Å². The molecule has 5 N–H and O–H groups in total. The van der Waals surface area contributed by atoms with Crippen LogP contribution in [0, 0.1) is 5.92 Å². The van der Waals surface area contributed by atoms with Crippen LogP contribution in [0.3, 0.4) is 0 Å². The van der Waals surface area contributed by atoms with Crippen LogP contribution in [0.4, 0.5) is 17.1 Å². The van der Waals surface area contributed by atoms with Gasteiger partial charge in [0.1, 0.15) is 25.0 Å². The van der Waals surface area contributed by atoms with Crippen LogP contribution in [0.25, 0.3) is 0 Å². The van der Waals surface area contributed by atoms with E-state index in [1.54, 1.807) is 96.4 Å². The van der Waals surface area contributed by atoms with E-state index in [1.807, 2.05) is 66.9 Å². The quantitative estimate of drug-likeness (QED) is 0.0235. The van der Waals surface area contributed by atoms with Crippen LogP contribution in [-0.2, 0) is 49.5 Å². The third kappa shape index (κ3) is 19.5. The number of amides is 6. The van der Waals surface area contributed by atoms with E-state index in [0.717, 1.165) is 16.7 Å². The average molecular weight is 1350 g/mol. The number of allylic oxidation sites excluding steroid dienone is 4. The molecule has 4 heterocycles. The molecule has 0 saturated carbocycles. The molecule has 4 aliphatic rings. The lowest BCUT2D eigenvalue weighted by Gasteiger charge is -2.33. The summed E-state index contributed by atoms with van der Waals surface area (Å²) in [4.78, 5) is 88.3. The standard InChI is InChI=1S/C64H83IN8O16/c1-8-11-44-29-47-36-67-50-33-55(53(81-6)31-48(50)62(78)71(47)37-44)88-19-10-20-89-56-34-51-49(32-54(56)82-7)63(79)72-38-45(12-9-2)30-52(72)64(80)73(51)40-87-39-43-13-15-46(16-14-43)69-60(76)42(5)68-61(77)59(41(3)4)70-57(74)17-21-83-23-25-85-27-28-86-26-24-84-22-18-66-58(75)35-65/h8-9,11-16,31-34,36-38,41-42,47,52,59,64,80H,10,17-30,35,39-40H2,1-7H3,(H,66,75)(H,68,77)(H,69,76)(H,70,74)/b11-8+,12-9+/t42-,47-,52-,59-,64-/m0/s1. The van der Waals surface area contributed by atoms with Crippen molar-refractivity contribution in [1.29, 1.82) is 0 Å². The Morgan fingerprint density at radius 1 is 0.697 bits per heavy atom. The predicted molar refractivity (Wildman–Crippen MR) is 342 cm³/mol. The minimum atomic E-state index is -1.20. The number of methoxy groups -OCH3 is 2. The molecule has 0 radical (unpaired) electrons. The summed E-state index contributed by atoms with van der Waals surface area (Å²) in [7, 11) is 3.00. The molecule has 3 aromatic carbocycles. The number of nitrogens with one attached hydrogen (secondary N) is 4. The smallest absolute Gasteiger partial charge is 0.260 e. The Morgan fingerprint density at radius 3 is 1.92 bits per heavy atom. The monoisotopic (exact) mass is 1350 g/mol. The molecule has 89 heavy (non-hydrogen) atoms. The van der Waals surface area contributed by atoms with Gasteiger partial charge in [0.25, 0.3) is 11.8 Å². The number of alkyl halides is 1. The first kappa shape index (κ1) is 69.1. The van der Waals surface area contributed by atoms with E-state index in [-0.39, 0.29) is 87.3 Å². The number of aliphatic hydroxyl groups is 1. The maximum atomic E-state index is 14.4. The average Bonchev–Trinajstić information content (AvgIpc) is 1.81. The van der Waals surface area contributed by atoms with Crippen LogP contribution in [0.2, 0.25) is 0 Å². The SMILES string of the molecule is C/C=C/C1=CN2C(=O)c3cc(OC)c(OCCCOc4cc5c(cc4OC)C(=O)N4C=C(/C=C/C)C[C@H]4[C@H](O)N5COCc4ccc(NC(=O)[C@H](C)NC(=O)[C@@H](NC(=O)CCOCCOCCOCCOCCNC(=O)CI)C(C)C)cc4)cc3N=C[C@@H]2C1. The molecule has 0 unspecified atom stereocenters. The van der Waals surface area contributed by atoms with Crippen molar-refractivity contribution < 1.29 is 76.5 Å². The van der Waals surface area contributed by atoms with Crippen molar-refractivity contribution in [2.45, 2.75) is 97.3 Å². The minimum absolute atomic E-state index is 0.0170. The topological polar surface area (TPSA) is 276 Å². The number of aliphatic imine (C=N–C) groups is 1. The van der Waals surface area contributed by atoms with Gasteiger partial charge in [0.05, 0.1) is 126 Å². The van der Waals surface area contributed by atoms with Crippen molar-refractivity contribution in [1.82, 2.24) is 25.8 Å². The van der Waals surface area contributed by atoms with E-state index in [9.17, 15) is 33.9 Å². The summed E-state index contributed by atoms with van der Waals surface area (Å²) >= 11 is 1.99. The van der Waals surface area contributed by atoms with Crippen LogP contribution in [0.5, 0.6) is 23.0 Å². The third-order valence-electron chi connectivity index (χ3n) is 14.6. The first-order valence-electron chi connectivity index (χ1n) is 29.8. The normalized spacial score (nSPS) is 17.5. The van der Waals surface area contributed by atoms with Gasteiger partial charge in [0.2, 0.25) is 23.6 Å². The molecule has 25 heteroatoms. The Balaban J connectivity index is 0.873. The van der Waals surface area contributed by atoms with Crippen LogP contribution >= 0.6 is 22.6 Å². The molecule has 482 valence electrons. The number of anilines is 2. The van der Waals surface area contributed by atoms with Gasteiger partial charge in [-0.1, -0.05) is 72.9 Å². The summed E-state index contributed by atoms with van der Waals surface area (Å²) in [5.74, 6) is -0.753. The zero-order chi connectivity index (χ0) is 63.8. The molecule has 0 spiro atoms. The number of halogens is 1. The fourth-order valence-electron chi connectivity index (χ4n) is 10.1. The Kier molecular flexibility index (Phi) is 27.3. The third-order valence-corrected chi connectivity index (χ3v) is 15.3. The summed E-state index contributed by atoms with van der Waals surface area (Å²) in [6, 6.07) is 10.9. The van der Waals surface area contributed by atoms with Gasteiger partial charge >= 0.3 is 0 Å². The van der Waals surface area contributed by atoms with Crippen LogP contribution in [-0.4, -0.2) is 185 Å². The van der Waals surface area contributed by atoms with Crippen molar-refractivity contribution in [3.63, 3.8) is 0 Å².